The van der Waals surface area contributed by atoms with E-state index in [9.17, 15) is 4.79 Å². The van der Waals surface area contributed by atoms with Crippen molar-refractivity contribution in [2.24, 2.45) is 5.92 Å². The maximum absolute atomic E-state index is 11.3. The molecule has 2 fully saturated rings. The Morgan fingerprint density at radius 2 is 2.16 bits per heavy atom. The van der Waals surface area contributed by atoms with Crippen LogP contribution in [0.1, 0.15) is 30.7 Å². The molecule has 0 bridgehead atoms. The average molecular weight is 261 g/mol. The zero-order valence-corrected chi connectivity index (χ0v) is 11.1. The van der Waals surface area contributed by atoms with Gasteiger partial charge in [-0.25, -0.2) is 0 Å². The van der Waals surface area contributed by atoms with Crippen LogP contribution in [-0.2, 0) is 4.79 Å². The van der Waals surface area contributed by atoms with Gasteiger partial charge in [0, 0.05) is 18.9 Å². The highest BCUT2D eigenvalue weighted by Crippen LogP contribution is 2.35. The van der Waals surface area contributed by atoms with Crippen LogP contribution in [0.4, 0.5) is 0 Å². The first-order valence-corrected chi connectivity index (χ1v) is 6.83. The second kappa shape index (κ2) is 5.11. The second-order valence-electron chi connectivity index (χ2n) is 5.37. The molecule has 1 aromatic rings. The summed E-state index contributed by atoms with van der Waals surface area (Å²) >= 11 is 0. The van der Waals surface area contributed by atoms with E-state index < -0.39 is 0 Å². The van der Waals surface area contributed by atoms with Crippen LogP contribution >= 0.6 is 0 Å². The molecule has 4 heteroatoms. The maximum Gasteiger partial charge on any atom is 0.220 e. The highest BCUT2D eigenvalue weighted by atomic mass is 16.5. The van der Waals surface area contributed by atoms with E-state index in [0.29, 0.717) is 18.9 Å². The Bertz CT molecular complexity index is 482. The minimum Gasteiger partial charge on any atom is -0.493 e. The Morgan fingerprint density at radius 1 is 1.32 bits per heavy atom. The number of methoxy groups -OCH3 is 1. The molecule has 0 aromatic heterocycles. The normalized spacial score (nSPS) is 22.2. The summed E-state index contributed by atoms with van der Waals surface area (Å²) in [7, 11) is 1.65. The van der Waals surface area contributed by atoms with Crippen LogP contribution in [-0.4, -0.2) is 26.2 Å². The van der Waals surface area contributed by atoms with Gasteiger partial charge in [0.25, 0.3) is 0 Å². The maximum atomic E-state index is 11.3. The van der Waals surface area contributed by atoms with Crippen molar-refractivity contribution in [2.75, 3.05) is 20.3 Å². The van der Waals surface area contributed by atoms with Crippen molar-refractivity contribution >= 4 is 5.91 Å². The van der Waals surface area contributed by atoms with Crippen LogP contribution in [0.3, 0.4) is 0 Å². The Kier molecular flexibility index (Phi) is 3.32. The highest BCUT2D eigenvalue weighted by molar-refractivity contribution is 5.79. The number of amides is 1. The van der Waals surface area contributed by atoms with Crippen molar-refractivity contribution in [3.05, 3.63) is 23.8 Å². The lowest BCUT2D eigenvalue weighted by atomic mass is 9.98. The van der Waals surface area contributed by atoms with E-state index in [1.165, 1.54) is 12.8 Å². The Balaban J connectivity index is 1.76. The zero-order valence-electron chi connectivity index (χ0n) is 11.1. The largest absolute Gasteiger partial charge is 0.493 e. The van der Waals surface area contributed by atoms with E-state index in [2.05, 4.69) is 5.32 Å². The van der Waals surface area contributed by atoms with E-state index in [4.69, 9.17) is 9.47 Å². The average Bonchev–Trinajstić information content (AvgIpc) is 3.16. The van der Waals surface area contributed by atoms with Gasteiger partial charge < -0.3 is 14.8 Å². The molecule has 1 N–H and O–H groups in total. The van der Waals surface area contributed by atoms with Gasteiger partial charge in [0.1, 0.15) is 0 Å². The van der Waals surface area contributed by atoms with Gasteiger partial charge in [-0.05, 0) is 36.5 Å². The Hall–Kier alpha value is -1.71. The van der Waals surface area contributed by atoms with Crippen LogP contribution in [0.15, 0.2) is 18.2 Å². The third kappa shape index (κ3) is 2.83. The van der Waals surface area contributed by atoms with Crippen LogP contribution in [0.2, 0.25) is 0 Å². The summed E-state index contributed by atoms with van der Waals surface area (Å²) in [6.45, 7) is 1.48. The predicted molar refractivity (Wildman–Crippen MR) is 71.6 cm³/mol. The fraction of sp³-hybridized carbons (Fsp3) is 0.533. The van der Waals surface area contributed by atoms with Crippen molar-refractivity contribution in [1.82, 2.24) is 5.32 Å². The van der Waals surface area contributed by atoms with Gasteiger partial charge >= 0.3 is 0 Å². The molecular weight excluding hydrogens is 242 g/mol. The van der Waals surface area contributed by atoms with Gasteiger partial charge in [-0.2, -0.15) is 0 Å². The van der Waals surface area contributed by atoms with Crippen molar-refractivity contribution in [1.29, 1.82) is 0 Å². The van der Waals surface area contributed by atoms with E-state index in [-0.39, 0.29) is 11.8 Å². The van der Waals surface area contributed by atoms with Gasteiger partial charge in [0.2, 0.25) is 5.91 Å². The monoisotopic (exact) mass is 261 g/mol. The minimum atomic E-state index is 0.126. The van der Waals surface area contributed by atoms with Crippen LogP contribution in [0.5, 0.6) is 11.5 Å². The predicted octanol–water partition coefficient (Wildman–Crippen LogP) is 2.09. The number of benzene rings is 1. The number of hydrogen-bond donors (Lipinski definition) is 1. The number of nitrogens with one attached hydrogen (secondary N) is 1. The molecule has 2 aliphatic rings. The molecule has 1 aliphatic heterocycles. The summed E-state index contributed by atoms with van der Waals surface area (Å²) in [5.41, 5.74) is 1.14. The van der Waals surface area contributed by atoms with Crippen LogP contribution < -0.4 is 14.8 Å². The van der Waals surface area contributed by atoms with Gasteiger partial charge in [-0.15, -0.1) is 0 Å². The third-order valence-corrected chi connectivity index (χ3v) is 3.81. The first kappa shape index (κ1) is 12.3. The van der Waals surface area contributed by atoms with Gasteiger partial charge in [0.05, 0.1) is 13.7 Å². The third-order valence-electron chi connectivity index (χ3n) is 3.81. The number of ether oxygens (including phenoxy) is 2. The van der Waals surface area contributed by atoms with Crippen LogP contribution in [0.25, 0.3) is 0 Å². The highest BCUT2D eigenvalue weighted by Gasteiger charge is 2.25. The molecule has 1 saturated carbocycles. The van der Waals surface area contributed by atoms with Crippen molar-refractivity contribution in [2.45, 2.75) is 25.2 Å². The van der Waals surface area contributed by atoms with Crippen molar-refractivity contribution in [3.8, 4) is 11.5 Å². The molecule has 0 spiro atoms. The summed E-state index contributed by atoms with van der Waals surface area (Å²) in [5, 5.41) is 2.87. The molecule has 0 unspecified atom stereocenters. The number of hydrogen-bond acceptors (Lipinski definition) is 3. The lowest BCUT2D eigenvalue weighted by Crippen LogP contribution is -2.13. The molecule has 1 aliphatic carbocycles. The minimum absolute atomic E-state index is 0.126. The van der Waals surface area contributed by atoms with E-state index >= 15 is 0 Å². The first-order chi connectivity index (χ1) is 9.26. The quantitative estimate of drug-likeness (QED) is 0.883. The smallest absolute Gasteiger partial charge is 0.220 e. The fourth-order valence-corrected chi connectivity index (χ4v) is 2.39. The van der Waals surface area contributed by atoms with E-state index in [0.717, 1.165) is 23.7 Å². The molecule has 102 valence electrons. The van der Waals surface area contributed by atoms with Crippen molar-refractivity contribution < 1.29 is 14.3 Å². The van der Waals surface area contributed by atoms with Crippen molar-refractivity contribution in [3.63, 3.8) is 0 Å². The lowest BCUT2D eigenvalue weighted by molar-refractivity contribution is -0.119. The molecular formula is C15H19NO3. The number of carbonyl (C=O) groups is 1. The fourth-order valence-electron chi connectivity index (χ4n) is 2.39. The number of rotatable bonds is 5. The lowest BCUT2D eigenvalue weighted by Gasteiger charge is -2.14. The SMILES string of the molecule is COc1ccc([C@@H]2CNC(=O)C2)cc1OCC1CC1. The summed E-state index contributed by atoms with van der Waals surface area (Å²) in [4.78, 5) is 11.3. The molecule has 1 amide bonds. The summed E-state index contributed by atoms with van der Waals surface area (Å²) < 4.78 is 11.2. The van der Waals surface area contributed by atoms with Gasteiger partial charge in [0.15, 0.2) is 11.5 Å². The molecule has 4 nitrogen and oxygen atoms in total. The summed E-state index contributed by atoms with van der Waals surface area (Å²) in [6, 6.07) is 5.97. The summed E-state index contributed by atoms with van der Waals surface area (Å²) in [5.74, 6) is 2.65. The molecule has 19 heavy (non-hydrogen) atoms. The van der Waals surface area contributed by atoms with Gasteiger partial charge in [-0.1, -0.05) is 6.07 Å². The molecule has 3 rings (SSSR count). The Morgan fingerprint density at radius 3 is 2.79 bits per heavy atom. The molecule has 1 atom stereocenters. The molecule has 1 heterocycles. The van der Waals surface area contributed by atoms with Gasteiger partial charge in [-0.3, -0.25) is 4.79 Å². The zero-order chi connectivity index (χ0) is 13.2. The topological polar surface area (TPSA) is 47.6 Å². The first-order valence-electron chi connectivity index (χ1n) is 6.83. The van der Waals surface area contributed by atoms with E-state index in [1.54, 1.807) is 7.11 Å². The summed E-state index contributed by atoms with van der Waals surface area (Å²) in [6.07, 6.45) is 3.10. The standard InChI is InChI=1S/C15H19NO3/c1-18-13-5-4-11(12-7-15(17)16-8-12)6-14(13)19-9-10-2-3-10/h4-6,10,12H,2-3,7-9H2,1H3,(H,16,17)/t12-/m0/s1. The molecule has 1 saturated heterocycles. The molecule has 0 radical (unpaired) electrons. The second-order valence-corrected chi connectivity index (χ2v) is 5.37. The molecule has 1 aromatic carbocycles. The Labute approximate surface area is 113 Å². The van der Waals surface area contributed by atoms with Crippen LogP contribution in [0, 0.1) is 5.92 Å². The number of carbonyl (C=O) groups excluding carboxylic acids is 1. The van der Waals surface area contributed by atoms with E-state index in [1.807, 2.05) is 18.2 Å².